The van der Waals surface area contributed by atoms with Gasteiger partial charge >= 0.3 is 0 Å². The van der Waals surface area contributed by atoms with Crippen molar-refractivity contribution in [1.29, 1.82) is 0 Å². The summed E-state index contributed by atoms with van der Waals surface area (Å²) < 4.78 is 30.2. The van der Waals surface area contributed by atoms with Crippen LogP contribution in [0, 0.1) is 5.92 Å². The number of nitrogens with one attached hydrogen (secondary N) is 1. The number of amides is 2. The molecule has 0 bridgehead atoms. The summed E-state index contributed by atoms with van der Waals surface area (Å²) >= 11 is 6.79. The van der Waals surface area contributed by atoms with Crippen LogP contribution in [0.2, 0.25) is 0 Å². The Balaban J connectivity index is 1.98. The molecule has 0 fully saturated rings. The number of rotatable bonds is 11. The zero-order valence-electron chi connectivity index (χ0n) is 21.5. The van der Waals surface area contributed by atoms with Crippen LogP contribution in [-0.2, 0) is 26.2 Å². The second-order valence-corrected chi connectivity index (χ2v) is 13.0. The topological polar surface area (TPSA) is 86.8 Å². The van der Waals surface area contributed by atoms with Gasteiger partial charge in [-0.15, -0.1) is 0 Å². The van der Waals surface area contributed by atoms with Crippen molar-refractivity contribution in [2.24, 2.45) is 5.92 Å². The van der Waals surface area contributed by atoms with Gasteiger partial charge in [0.05, 0.1) is 10.6 Å². The summed E-state index contributed by atoms with van der Waals surface area (Å²) in [6, 6.07) is 21.3. The van der Waals surface area contributed by atoms with Crippen molar-refractivity contribution >= 4 is 59.4 Å². The summed E-state index contributed by atoms with van der Waals surface area (Å²) in [6.45, 7) is 5.76. The first kappa shape index (κ1) is 29.9. The van der Waals surface area contributed by atoms with Crippen molar-refractivity contribution in [3.63, 3.8) is 0 Å². The summed E-state index contributed by atoms with van der Waals surface area (Å²) in [7, 11) is -4.08. The first-order valence-corrected chi connectivity index (χ1v) is 15.2. The second kappa shape index (κ2) is 13.4. The summed E-state index contributed by atoms with van der Waals surface area (Å²) in [6.07, 6.45) is 0. The molecule has 10 heteroatoms. The van der Waals surface area contributed by atoms with E-state index >= 15 is 0 Å². The molecule has 7 nitrogen and oxygen atoms in total. The molecule has 2 amide bonds. The third-order valence-corrected chi connectivity index (χ3v) is 8.69. The fourth-order valence-corrected chi connectivity index (χ4v) is 5.64. The molecule has 0 aliphatic rings. The Hall–Kier alpha value is -2.69. The lowest BCUT2D eigenvalue weighted by atomic mass is 10.1. The van der Waals surface area contributed by atoms with Gasteiger partial charge in [-0.3, -0.25) is 13.9 Å². The maximum Gasteiger partial charge on any atom is 0.264 e. The third kappa shape index (κ3) is 7.91. The molecule has 0 unspecified atom stereocenters. The van der Waals surface area contributed by atoms with Crippen molar-refractivity contribution in [3.05, 3.63) is 93.4 Å². The van der Waals surface area contributed by atoms with Crippen molar-refractivity contribution < 1.29 is 18.0 Å². The molecule has 0 heterocycles. The van der Waals surface area contributed by atoms with E-state index in [2.05, 4.69) is 37.2 Å². The molecule has 0 aromatic heterocycles. The third-order valence-electron chi connectivity index (χ3n) is 5.84. The minimum atomic E-state index is -4.08. The van der Waals surface area contributed by atoms with Crippen LogP contribution in [0.15, 0.2) is 92.7 Å². The fourth-order valence-electron chi connectivity index (χ4n) is 3.68. The van der Waals surface area contributed by atoms with Crippen LogP contribution in [0.3, 0.4) is 0 Å². The lowest BCUT2D eigenvalue weighted by Gasteiger charge is -2.32. The van der Waals surface area contributed by atoms with E-state index in [1.54, 1.807) is 49.4 Å². The highest BCUT2D eigenvalue weighted by molar-refractivity contribution is 9.10. The van der Waals surface area contributed by atoms with Gasteiger partial charge in [-0.25, -0.2) is 8.42 Å². The maximum atomic E-state index is 13.8. The normalized spacial score (nSPS) is 12.2. The maximum absolute atomic E-state index is 13.8. The van der Waals surface area contributed by atoms with Crippen LogP contribution in [0.5, 0.6) is 0 Å². The number of hydrogen-bond acceptors (Lipinski definition) is 4. The lowest BCUT2D eigenvalue weighted by Crippen LogP contribution is -2.51. The molecule has 0 saturated carbocycles. The number of hydrogen-bond donors (Lipinski definition) is 1. The second-order valence-electron chi connectivity index (χ2n) is 9.26. The molecule has 3 aromatic carbocycles. The van der Waals surface area contributed by atoms with Gasteiger partial charge in [-0.2, -0.15) is 0 Å². The highest BCUT2D eigenvalue weighted by Crippen LogP contribution is 2.26. The molecule has 0 radical (unpaired) electrons. The van der Waals surface area contributed by atoms with E-state index in [1.165, 1.54) is 17.0 Å². The molecule has 0 aliphatic carbocycles. The largest absolute Gasteiger partial charge is 0.354 e. The van der Waals surface area contributed by atoms with Gasteiger partial charge in [-0.1, -0.05) is 76.0 Å². The van der Waals surface area contributed by atoms with Gasteiger partial charge in [0, 0.05) is 22.0 Å². The van der Waals surface area contributed by atoms with E-state index in [-0.39, 0.29) is 23.3 Å². The molecule has 38 heavy (non-hydrogen) atoms. The van der Waals surface area contributed by atoms with E-state index < -0.39 is 28.5 Å². The van der Waals surface area contributed by atoms with Gasteiger partial charge in [0.1, 0.15) is 12.6 Å². The smallest absolute Gasteiger partial charge is 0.264 e. The Labute approximate surface area is 241 Å². The summed E-state index contributed by atoms with van der Waals surface area (Å²) in [5, 5.41) is 2.88. The van der Waals surface area contributed by atoms with Gasteiger partial charge in [0.25, 0.3) is 10.0 Å². The van der Waals surface area contributed by atoms with Crippen LogP contribution in [0.1, 0.15) is 26.3 Å². The molecule has 1 N–H and O–H groups in total. The number of halogens is 2. The Morgan fingerprint density at radius 2 is 1.39 bits per heavy atom. The molecular weight excluding hydrogens is 634 g/mol. The van der Waals surface area contributed by atoms with Crippen molar-refractivity contribution in [2.45, 2.75) is 38.3 Å². The Kier molecular flexibility index (Phi) is 10.5. The number of anilines is 1. The van der Waals surface area contributed by atoms with Crippen molar-refractivity contribution in [3.8, 4) is 0 Å². The minimum absolute atomic E-state index is 0.0675. The number of nitrogens with zero attached hydrogens (tertiary/aromatic N) is 2. The highest BCUT2D eigenvalue weighted by Gasteiger charge is 2.32. The van der Waals surface area contributed by atoms with Crippen LogP contribution in [0.4, 0.5) is 5.69 Å². The fraction of sp³-hybridized carbons (Fsp3) is 0.286. The van der Waals surface area contributed by atoms with E-state index in [9.17, 15) is 18.0 Å². The minimum Gasteiger partial charge on any atom is -0.354 e. The van der Waals surface area contributed by atoms with E-state index in [1.807, 2.05) is 38.1 Å². The van der Waals surface area contributed by atoms with Gasteiger partial charge in [0.15, 0.2) is 0 Å². The van der Waals surface area contributed by atoms with Crippen molar-refractivity contribution in [2.75, 3.05) is 17.4 Å². The van der Waals surface area contributed by atoms with Crippen LogP contribution in [0.25, 0.3) is 0 Å². The predicted octanol–water partition coefficient (Wildman–Crippen LogP) is 5.60. The van der Waals surface area contributed by atoms with Gasteiger partial charge in [-0.05, 0) is 66.9 Å². The summed E-state index contributed by atoms with van der Waals surface area (Å²) in [5.41, 5.74) is 1.15. The molecule has 3 aromatic rings. The standard InChI is InChI=1S/C28H31Br2N3O4S/c1-20(2)17-31-28(35)21(3)32(18-22-9-11-23(29)12-10-22)27(34)19-33(25-15-13-24(30)14-16-25)38(36,37)26-7-5-4-6-8-26/h4-16,20-21H,17-19H2,1-3H3,(H,31,35)/t21-/m0/s1. The van der Waals surface area contributed by atoms with Crippen LogP contribution >= 0.6 is 31.9 Å². The first-order chi connectivity index (χ1) is 18.0. The molecule has 0 aliphatic heterocycles. The molecule has 202 valence electrons. The lowest BCUT2D eigenvalue weighted by molar-refractivity contribution is -0.139. The number of sulfonamides is 1. The number of carbonyl (C=O) groups is 2. The predicted molar refractivity (Wildman–Crippen MR) is 157 cm³/mol. The molecule has 0 saturated heterocycles. The molecule has 3 rings (SSSR count). The van der Waals surface area contributed by atoms with Crippen LogP contribution in [-0.4, -0.2) is 44.3 Å². The molecule has 0 spiro atoms. The van der Waals surface area contributed by atoms with E-state index in [0.717, 1.165) is 18.8 Å². The number of carbonyl (C=O) groups excluding carboxylic acids is 2. The SMILES string of the molecule is CC(C)CNC(=O)[C@H](C)N(Cc1ccc(Br)cc1)C(=O)CN(c1ccc(Br)cc1)S(=O)(=O)c1ccccc1. The highest BCUT2D eigenvalue weighted by atomic mass is 79.9. The van der Waals surface area contributed by atoms with E-state index in [0.29, 0.717) is 12.2 Å². The average molecular weight is 665 g/mol. The van der Waals surface area contributed by atoms with Crippen LogP contribution < -0.4 is 9.62 Å². The zero-order valence-corrected chi connectivity index (χ0v) is 25.5. The monoisotopic (exact) mass is 663 g/mol. The Morgan fingerprint density at radius 1 is 0.842 bits per heavy atom. The summed E-state index contributed by atoms with van der Waals surface area (Å²) in [4.78, 5) is 28.3. The van der Waals surface area contributed by atoms with Crippen molar-refractivity contribution in [1.82, 2.24) is 10.2 Å². The first-order valence-electron chi connectivity index (χ1n) is 12.1. The number of benzene rings is 3. The molecule has 1 atom stereocenters. The average Bonchev–Trinajstić information content (AvgIpc) is 2.90. The summed E-state index contributed by atoms with van der Waals surface area (Å²) in [5.74, 6) is -0.557. The van der Waals surface area contributed by atoms with E-state index in [4.69, 9.17) is 0 Å². The van der Waals surface area contributed by atoms with Gasteiger partial charge < -0.3 is 10.2 Å². The molecular formula is C28H31Br2N3O4S. The zero-order chi connectivity index (χ0) is 27.9. The quantitative estimate of drug-likeness (QED) is 0.289. The van der Waals surface area contributed by atoms with Gasteiger partial charge in [0.2, 0.25) is 11.8 Å². The Bertz CT molecular complexity index is 1330. The Morgan fingerprint density at radius 3 is 1.95 bits per heavy atom.